The van der Waals surface area contributed by atoms with Crippen LogP contribution in [0.5, 0.6) is 0 Å². The molecule has 1 unspecified atom stereocenters. The lowest BCUT2D eigenvalue weighted by Crippen LogP contribution is -2.40. The molecule has 0 bridgehead atoms. The molecule has 0 aromatic heterocycles. The van der Waals surface area contributed by atoms with Crippen LogP contribution in [0.25, 0.3) is 0 Å². The highest BCUT2D eigenvalue weighted by Crippen LogP contribution is 2.13. The zero-order valence-corrected chi connectivity index (χ0v) is 9.04. The van der Waals surface area contributed by atoms with E-state index in [1.807, 2.05) is 0 Å². The van der Waals surface area contributed by atoms with Gasteiger partial charge < -0.3 is 9.64 Å². The molecule has 1 fully saturated rings. The summed E-state index contributed by atoms with van der Waals surface area (Å²) in [6.45, 7) is 6.15. The van der Waals surface area contributed by atoms with E-state index in [1.165, 1.54) is 19.4 Å². The Morgan fingerprint density at radius 3 is 3.14 bits per heavy atom. The molecule has 0 saturated carbocycles. The molecule has 1 atom stereocenters. The van der Waals surface area contributed by atoms with Gasteiger partial charge in [0.1, 0.15) is 0 Å². The largest absolute Gasteiger partial charge is 0.377 e. The molecule has 0 amide bonds. The second kappa shape index (κ2) is 6.80. The number of likely N-dealkylation sites (tertiary alicyclic amines) is 1. The molecular formula is C11H20N2O. The third kappa shape index (κ3) is 4.08. The first-order valence-corrected chi connectivity index (χ1v) is 5.57. The summed E-state index contributed by atoms with van der Waals surface area (Å²) in [6, 6.07) is 2.19. The van der Waals surface area contributed by atoms with E-state index >= 15 is 0 Å². The second-order valence-corrected chi connectivity index (χ2v) is 3.78. The van der Waals surface area contributed by atoms with E-state index in [1.54, 1.807) is 0 Å². The molecule has 1 rings (SSSR count). The Hall–Kier alpha value is -0.590. The van der Waals surface area contributed by atoms with Crippen LogP contribution in [0.4, 0.5) is 0 Å². The van der Waals surface area contributed by atoms with Crippen LogP contribution in [0.3, 0.4) is 0 Å². The fourth-order valence-corrected chi connectivity index (χ4v) is 1.97. The summed E-state index contributed by atoms with van der Waals surface area (Å²) in [5.74, 6) is 0. The zero-order chi connectivity index (χ0) is 10.2. The van der Waals surface area contributed by atoms with Crippen molar-refractivity contribution >= 4 is 0 Å². The monoisotopic (exact) mass is 196 g/mol. The number of rotatable bonds is 5. The lowest BCUT2D eigenvalue weighted by molar-refractivity contribution is 0.00584. The van der Waals surface area contributed by atoms with E-state index in [0.717, 1.165) is 26.1 Å². The summed E-state index contributed by atoms with van der Waals surface area (Å²) in [6.07, 6.45) is 4.53. The van der Waals surface area contributed by atoms with Gasteiger partial charge in [-0.1, -0.05) is 0 Å². The van der Waals surface area contributed by atoms with Crippen LogP contribution in [0, 0.1) is 11.3 Å². The van der Waals surface area contributed by atoms with Crippen LogP contribution in [-0.4, -0.2) is 37.2 Å². The summed E-state index contributed by atoms with van der Waals surface area (Å²) in [5, 5.41) is 8.44. The molecule has 3 nitrogen and oxygen atoms in total. The first-order valence-electron chi connectivity index (χ1n) is 5.57. The van der Waals surface area contributed by atoms with E-state index in [0.29, 0.717) is 12.5 Å². The third-order valence-corrected chi connectivity index (χ3v) is 2.63. The Balaban J connectivity index is 2.16. The maximum Gasteiger partial charge on any atom is 0.0702 e. The van der Waals surface area contributed by atoms with Gasteiger partial charge in [0.05, 0.1) is 12.2 Å². The minimum absolute atomic E-state index is 0.427. The molecule has 0 radical (unpaired) electrons. The minimum atomic E-state index is 0.427. The molecule has 0 aromatic rings. The Bertz CT molecular complexity index is 186. The molecule has 3 heteroatoms. The van der Waals surface area contributed by atoms with Gasteiger partial charge in [0.25, 0.3) is 0 Å². The minimum Gasteiger partial charge on any atom is -0.377 e. The van der Waals surface area contributed by atoms with Crippen molar-refractivity contribution in [2.45, 2.75) is 38.7 Å². The normalized spacial score (nSPS) is 23.3. The van der Waals surface area contributed by atoms with Crippen molar-refractivity contribution in [3.63, 3.8) is 0 Å². The van der Waals surface area contributed by atoms with Crippen molar-refractivity contribution < 1.29 is 4.74 Å². The Labute approximate surface area is 86.6 Å². The van der Waals surface area contributed by atoms with Gasteiger partial charge in [-0.05, 0) is 39.3 Å². The highest BCUT2D eigenvalue weighted by molar-refractivity contribution is 4.75. The number of nitriles is 1. The molecule has 0 aliphatic carbocycles. The van der Waals surface area contributed by atoms with Crippen molar-refractivity contribution in [1.29, 1.82) is 5.26 Å². The molecule has 0 aromatic carbocycles. The summed E-state index contributed by atoms with van der Waals surface area (Å²) < 4.78 is 5.61. The van der Waals surface area contributed by atoms with Crippen LogP contribution in [0.1, 0.15) is 32.6 Å². The lowest BCUT2D eigenvalue weighted by Gasteiger charge is -2.32. The van der Waals surface area contributed by atoms with E-state index in [2.05, 4.69) is 17.9 Å². The van der Waals surface area contributed by atoms with E-state index in [4.69, 9.17) is 10.00 Å². The average molecular weight is 196 g/mol. The van der Waals surface area contributed by atoms with Crippen LogP contribution in [-0.2, 0) is 4.74 Å². The van der Waals surface area contributed by atoms with Crippen molar-refractivity contribution in [2.24, 2.45) is 0 Å². The molecule has 14 heavy (non-hydrogen) atoms. The molecule has 1 saturated heterocycles. The van der Waals surface area contributed by atoms with Crippen LogP contribution in [0.15, 0.2) is 0 Å². The summed E-state index contributed by atoms with van der Waals surface area (Å²) in [7, 11) is 0. The van der Waals surface area contributed by atoms with Crippen LogP contribution in [0.2, 0.25) is 0 Å². The van der Waals surface area contributed by atoms with E-state index in [9.17, 15) is 0 Å². The fourth-order valence-electron chi connectivity index (χ4n) is 1.97. The number of hydrogen-bond acceptors (Lipinski definition) is 3. The highest BCUT2D eigenvalue weighted by atomic mass is 16.5. The van der Waals surface area contributed by atoms with Crippen LogP contribution >= 0.6 is 0 Å². The topological polar surface area (TPSA) is 36.3 Å². The van der Waals surface area contributed by atoms with Gasteiger partial charge in [-0.25, -0.2) is 0 Å². The molecule has 1 aliphatic heterocycles. The first kappa shape index (κ1) is 11.5. The smallest absolute Gasteiger partial charge is 0.0702 e. The summed E-state index contributed by atoms with van der Waals surface area (Å²) >= 11 is 0. The van der Waals surface area contributed by atoms with Gasteiger partial charge >= 0.3 is 0 Å². The summed E-state index contributed by atoms with van der Waals surface area (Å²) in [5.41, 5.74) is 0. The quantitative estimate of drug-likeness (QED) is 0.629. The molecule has 0 spiro atoms. The van der Waals surface area contributed by atoms with Crippen molar-refractivity contribution in [3.8, 4) is 6.07 Å². The standard InChI is InChI=1S/C11H20N2O/c1-2-14-11-6-5-9-13(10-11)8-4-3-7-12/h11H,2-6,8-10H2,1H3. The zero-order valence-electron chi connectivity index (χ0n) is 9.04. The van der Waals surface area contributed by atoms with Crippen molar-refractivity contribution in [2.75, 3.05) is 26.2 Å². The number of hydrogen-bond donors (Lipinski definition) is 0. The van der Waals surface area contributed by atoms with Gasteiger partial charge in [-0.2, -0.15) is 5.26 Å². The van der Waals surface area contributed by atoms with Gasteiger partial charge in [-0.3, -0.25) is 0 Å². The molecule has 80 valence electrons. The SMILES string of the molecule is CCOC1CCCN(CCCC#N)C1. The Kier molecular flexibility index (Phi) is 5.58. The maximum absolute atomic E-state index is 8.44. The lowest BCUT2D eigenvalue weighted by atomic mass is 10.1. The van der Waals surface area contributed by atoms with Gasteiger partial charge in [0.2, 0.25) is 0 Å². The predicted molar refractivity (Wildman–Crippen MR) is 55.9 cm³/mol. The number of ether oxygens (including phenoxy) is 1. The number of unbranched alkanes of at least 4 members (excludes halogenated alkanes) is 1. The third-order valence-electron chi connectivity index (χ3n) is 2.63. The predicted octanol–water partition coefficient (Wildman–Crippen LogP) is 1.79. The van der Waals surface area contributed by atoms with Crippen molar-refractivity contribution in [1.82, 2.24) is 4.90 Å². The van der Waals surface area contributed by atoms with Crippen molar-refractivity contribution in [3.05, 3.63) is 0 Å². The molecule has 1 aliphatic rings. The second-order valence-electron chi connectivity index (χ2n) is 3.78. The fraction of sp³-hybridized carbons (Fsp3) is 0.909. The van der Waals surface area contributed by atoms with E-state index < -0.39 is 0 Å². The van der Waals surface area contributed by atoms with Gasteiger partial charge in [0, 0.05) is 19.6 Å². The van der Waals surface area contributed by atoms with Gasteiger partial charge in [0.15, 0.2) is 0 Å². The Morgan fingerprint density at radius 2 is 2.43 bits per heavy atom. The molecular weight excluding hydrogens is 176 g/mol. The molecule has 1 heterocycles. The highest BCUT2D eigenvalue weighted by Gasteiger charge is 2.18. The van der Waals surface area contributed by atoms with E-state index in [-0.39, 0.29) is 0 Å². The number of nitrogens with zero attached hydrogens (tertiary/aromatic N) is 2. The Morgan fingerprint density at radius 1 is 1.57 bits per heavy atom. The average Bonchev–Trinajstić information content (AvgIpc) is 2.19. The van der Waals surface area contributed by atoms with Gasteiger partial charge in [-0.15, -0.1) is 0 Å². The van der Waals surface area contributed by atoms with Crippen LogP contribution < -0.4 is 0 Å². The summed E-state index contributed by atoms with van der Waals surface area (Å²) in [4.78, 5) is 2.42. The molecule has 0 N–H and O–H groups in total. The maximum atomic E-state index is 8.44. The first-order chi connectivity index (χ1) is 6.86. The number of piperidine rings is 1.